The number of hydrogen-bond acceptors (Lipinski definition) is 1. The van der Waals surface area contributed by atoms with E-state index in [2.05, 4.69) is 0 Å². The summed E-state index contributed by atoms with van der Waals surface area (Å²) in [6.45, 7) is 0. The van der Waals surface area contributed by atoms with Gasteiger partial charge in [0.05, 0.1) is 17.5 Å². The fraction of sp³-hybridized carbons (Fsp3) is 0.0714. The molecule has 90 valence electrons. The lowest BCUT2D eigenvalue weighted by atomic mass is 10.0. The molecule has 0 aromatic heterocycles. The van der Waals surface area contributed by atoms with Gasteiger partial charge in [-0.05, 0) is 29.3 Å². The zero-order valence-electron chi connectivity index (χ0n) is 9.25. The third kappa shape index (κ3) is 2.49. The first-order valence-electron chi connectivity index (χ1n) is 5.22. The highest BCUT2D eigenvalue weighted by atomic mass is 35.5. The minimum Gasteiger partial charge on any atom is -0.207 e. The van der Waals surface area contributed by atoms with Crippen molar-refractivity contribution in [2.24, 2.45) is 0 Å². The van der Waals surface area contributed by atoms with Crippen LogP contribution in [0.5, 0.6) is 0 Å². The van der Waals surface area contributed by atoms with Gasteiger partial charge in [-0.3, -0.25) is 0 Å². The van der Waals surface area contributed by atoms with Gasteiger partial charge in [0.1, 0.15) is 11.6 Å². The Morgan fingerprint density at radius 1 is 1.00 bits per heavy atom. The topological polar surface area (TPSA) is 23.8 Å². The summed E-state index contributed by atoms with van der Waals surface area (Å²) < 4.78 is 26.9. The SMILES string of the molecule is N#CCc1ccc(-c2ccc(Cl)c(F)c2)cc1F. The maximum Gasteiger partial charge on any atom is 0.142 e. The van der Waals surface area contributed by atoms with E-state index in [1.165, 1.54) is 24.3 Å². The van der Waals surface area contributed by atoms with E-state index in [0.717, 1.165) is 0 Å². The largest absolute Gasteiger partial charge is 0.207 e. The van der Waals surface area contributed by atoms with Crippen LogP contribution in [0.4, 0.5) is 8.78 Å². The van der Waals surface area contributed by atoms with Crippen molar-refractivity contribution in [2.45, 2.75) is 6.42 Å². The Balaban J connectivity index is 2.43. The van der Waals surface area contributed by atoms with Crippen LogP contribution in [0.25, 0.3) is 11.1 Å². The minimum atomic E-state index is -0.546. The first-order chi connectivity index (χ1) is 8.61. The third-order valence-electron chi connectivity index (χ3n) is 2.58. The number of halogens is 3. The Morgan fingerprint density at radius 2 is 1.61 bits per heavy atom. The molecule has 0 fully saturated rings. The summed E-state index contributed by atoms with van der Waals surface area (Å²) in [4.78, 5) is 0. The first-order valence-corrected chi connectivity index (χ1v) is 5.60. The molecule has 0 aliphatic rings. The third-order valence-corrected chi connectivity index (χ3v) is 2.88. The normalized spacial score (nSPS) is 10.1. The average molecular weight is 264 g/mol. The van der Waals surface area contributed by atoms with E-state index in [9.17, 15) is 8.78 Å². The molecule has 0 heterocycles. The quantitative estimate of drug-likeness (QED) is 0.790. The molecule has 0 amide bonds. The second-order valence-electron chi connectivity index (χ2n) is 3.77. The van der Waals surface area contributed by atoms with Crippen molar-refractivity contribution in [1.29, 1.82) is 5.26 Å². The van der Waals surface area contributed by atoms with Crippen LogP contribution >= 0.6 is 11.6 Å². The van der Waals surface area contributed by atoms with E-state index >= 15 is 0 Å². The molecule has 0 atom stereocenters. The van der Waals surface area contributed by atoms with Crippen LogP contribution in [0, 0.1) is 23.0 Å². The lowest BCUT2D eigenvalue weighted by molar-refractivity contribution is 0.615. The van der Waals surface area contributed by atoms with Crippen LogP contribution in [0.2, 0.25) is 5.02 Å². The standard InChI is InChI=1S/C14H8ClF2N/c15-12-4-3-11(8-14(12)17)10-2-1-9(5-6-18)13(16)7-10/h1-4,7-8H,5H2. The predicted octanol–water partition coefficient (Wildman–Crippen LogP) is 4.35. The van der Waals surface area contributed by atoms with Gasteiger partial charge in [-0.15, -0.1) is 0 Å². The van der Waals surface area contributed by atoms with E-state index in [-0.39, 0.29) is 11.4 Å². The van der Waals surface area contributed by atoms with Crippen molar-refractivity contribution in [1.82, 2.24) is 0 Å². The Labute approximate surface area is 108 Å². The maximum absolute atomic E-state index is 13.6. The van der Waals surface area contributed by atoms with Gasteiger partial charge in [0.15, 0.2) is 0 Å². The molecule has 0 bridgehead atoms. The lowest BCUT2D eigenvalue weighted by Gasteiger charge is -2.05. The summed E-state index contributed by atoms with van der Waals surface area (Å²) in [5.74, 6) is -1.01. The highest BCUT2D eigenvalue weighted by Crippen LogP contribution is 2.25. The fourth-order valence-corrected chi connectivity index (χ4v) is 1.75. The number of nitriles is 1. The van der Waals surface area contributed by atoms with Crippen molar-refractivity contribution in [3.8, 4) is 17.2 Å². The number of hydrogen-bond donors (Lipinski definition) is 0. The molecule has 0 radical (unpaired) electrons. The summed E-state index contributed by atoms with van der Waals surface area (Å²) in [5, 5.41) is 8.54. The minimum absolute atomic E-state index is 0.0150. The molecule has 2 rings (SSSR count). The van der Waals surface area contributed by atoms with Crippen molar-refractivity contribution >= 4 is 11.6 Å². The van der Waals surface area contributed by atoms with Gasteiger partial charge < -0.3 is 0 Å². The van der Waals surface area contributed by atoms with E-state index in [0.29, 0.717) is 16.7 Å². The number of rotatable bonds is 2. The molecular weight excluding hydrogens is 256 g/mol. The van der Waals surface area contributed by atoms with Gasteiger partial charge in [0.25, 0.3) is 0 Å². The molecule has 0 aliphatic heterocycles. The molecule has 2 aromatic carbocycles. The van der Waals surface area contributed by atoms with Crippen LogP contribution in [0.15, 0.2) is 36.4 Å². The Bertz CT molecular complexity index is 632. The van der Waals surface area contributed by atoms with Gasteiger partial charge in [-0.2, -0.15) is 5.26 Å². The molecule has 0 spiro atoms. The van der Waals surface area contributed by atoms with E-state index in [4.69, 9.17) is 16.9 Å². The van der Waals surface area contributed by atoms with E-state index in [1.807, 2.05) is 6.07 Å². The molecule has 0 aliphatic carbocycles. The summed E-state index contributed by atoms with van der Waals surface area (Å²) in [6, 6.07) is 10.6. The van der Waals surface area contributed by atoms with E-state index in [1.54, 1.807) is 12.1 Å². The summed E-state index contributed by atoms with van der Waals surface area (Å²) in [5.41, 5.74) is 1.42. The summed E-state index contributed by atoms with van der Waals surface area (Å²) in [6.07, 6.45) is 0.0150. The van der Waals surface area contributed by atoms with Crippen LogP contribution in [0.1, 0.15) is 5.56 Å². The summed E-state index contributed by atoms with van der Waals surface area (Å²) in [7, 11) is 0. The molecule has 0 N–H and O–H groups in total. The van der Waals surface area contributed by atoms with Crippen molar-refractivity contribution < 1.29 is 8.78 Å². The average Bonchev–Trinajstić information content (AvgIpc) is 2.35. The summed E-state index contributed by atoms with van der Waals surface area (Å²) >= 11 is 5.58. The van der Waals surface area contributed by atoms with Crippen molar-refractivity contribution in [2.75, 3.05) is 0 Å². The Morgan fingerprint density at radius 3 is 2.17 bits per heavy atom. The molecular formula is C14H8ClF2N. The van der Waals surface area contributed by atoms with Gasteiger partial charge in [-0.25, -0.2) is 8.78 Å². The Hall–Kier alpha value is -1.92. The van der Waals surface area contributed by atoms with E-state index < -0.39 is 11.6 Å². The van der Waals surface area contributed by atoms with Gasteiger partial charge in [0, 0.05) is 5.56 Å². The lowest BCUT2D eigenvalue weighted by Crippen LogP contribution is -1.90. The van der Waals surface area contributed by atoms with Crippen LogP contribution in [0.3, 0.4) is 0 Å². The molecule has 4 heteroatoms. The number of nitrogens with zero attached hydrogens (tertiary/aromatic N) is 1. The zero-order valence-corrected chi connectivity index (χ0v) is 10.0. The van der Waals surface area contributed by atoms with Crippen LogP contribution in [-0.2, 0) is 6.42 Å². The molecule has 18 heavy (non-hydrogen) atoms. The second-order valence-corrected chi connectivity index (χ2v) is 4.18. The maximum atomic E-state index is 13.6. The highest BCUT2D eigenvalue weighted by Gasteiger charge is 2.07. The zero-order chi connectivity index (χ0) is 13.1. The van der Waals surface area contributed by atoms with Crippen LogP contribution < -0.4 is 0 Å². The number of benzene rings is 2. The Kier molecular flexibility index (Phi) is 3.59. The van der Waals surface area contributed by atoms with Gasteiger partial charge in [0.2, 0.25) is 0 Å². The van der Waals surface area contributed by atoms with Crippen LogP contribution in [-0.4, -0.2) is 0 Å². The first kappa shape index (κ1) is 12.5. The smallest absolute Gasteiger partial charge is 0.142 e. The van der Waals surface area contributed by atoms with Gasteiger partial charge in [-0.1, -0.05) is 29.8 Å². The van der Waals surface area contributed by atoms with Gasteiger partial charge >= 0.3 is 0 Å². The molecule has 1 nitrogen and oxygen atoms in total. The predicted molar refractivity (Wildman–Crippen MR) is 66.1 cm³/mol. The van der Waals surface area contributed by atoms with Crippen molar-refractivity contribution in [3.63, 3.8) is 0 Å². The molecule has 0 unspecified atom stereocenters. The molecule has 0 saturated carbocycles. The molecule has 0 saturated heterocycles. The molecule has 2 aromatic rings. The highest BCUT2D eigenvalue weighted by molar-refractivity contribution is 6.30. The monoisotopic (exact) mass is 263 g/mol. The second kappa shape index (κ2) is 5.16. The fourth-order valence-electron chi connectivity index (χ4n) is 1.63. The van der Waals surface area contributed by atoms with Crippen molar-refractivity contribution in [3.05, 3.63) is 58.6 Å².